The van der Waals surface area contributed by atoms with Crippen molar-refractivity contribution in [2.75, 3.05) is 5.32 Å². The Hall–Kier alpha value is -3.80. The van der Waals surface area contributed by atoms with Crippen LogP contribution in [-0.2, 0) is 16.9 Å². The Morgan fingerprint density at radius 2 is 1.79 bits per heavy atom. The molecule has 0 unspecified atom stereocenters. The Bertz CT molecular complexity index is 1600. The van der Waals surface area contributed by atoms with Crippen molar-refractivity contribution in [1.29, 1.82) is 0 Å². The average Bonchev–Trinajstić information content (AvgIpc) is 3.49. The van der Waals surface area contributed by atoms with E-state index in [-0.39, 0.29) is 28.6 Å². The number of nitrogens with zero attached hydrogens (tertiary/aromatic N) is 6. The molecule has 0 bridgehead atoms. The Kier molecular flexibility index (Phi) is 6.91. The number of sulfone groups is 1. The quantitative estimate of drug-likeness (QED) is 0.380. The van der Waals surface area contributed by atoms with Crippen LogP contribution in [0.4, 0.5) is 10.3 Å². The summed E-state index contributed by atoms with van der Waals surface area (Å²) in [6.07, 6.45) is 8.61. The van der Waals surface area contributed by atoms with E-state index < -0.39 is 15.1 Å². The number of hydrogen-bond donors (Lipinski definition) is 1. The van der Waals surface area contributed by atoms with Gasteiger partial charge in [0.1, 0.15) is 5.82 Å². The van der Waals surface area contributed by atoms with Gasteiger partial charge in [0.05, 0.1) is 34.8 Å². The molecule has 200 valence electrons. The fourth-order valence-corrected chi connectivity index (χ4v) is 6.81. The number of rotatable bonds is 7. The molecule has 1 aliphatic rings. The SMILES string of the molecule is CC(C)n1cc(-c2ccnc(NC3CCC(S(=O)(=O)c4cncn4C)CC3)n2)n(-c2ccc(F)cc2)c1=O. The van der Waals surface area contributed by atoms with Crippen molar-refractivity contribution in [3.63, 3.8) is 0 Å². The zero-order valence-corrected chi connectivity index (χ0v) is 22.3. The molecular weight excluding hydrogens is 509 g/mol. The molecule has 0 saturated heterocycles. The van der Waals surface area contributed by atoms with Crippen molar-refractivity contribution < 1.29 is 12.8 Å². The van der Waals surface area contributed by atoms with Crippen LogP contribution in [-0.4, -0.2) is 48.4 Å². The summed E-state index contributed by atoms with van der Waals surface area (Å²) in [5, 5.41) is 3.13. The van der Waals surface area contributed by atoms with Crippen LogP contribution < -0.4 is 11.0 Å². The van der Waals surface area contributed by atoms with Gasteiger partial charge < -0.3 is 9.88 Å². The van der Waals surface area contributed by atoms with Crippen molar-refractivity contribution in [1.82, 2.24) is 28.7 Å². The van der Waals surface area contributed by atoms with Crippen LogP contribution in [0.1, 0.15) is 45.6 Å². The van der Waals surface area contributed by atoms with Crippen LogP contribution in [0.2, 0.25) is 0 Å². The third kappa shape index (κ3) is 4.87. The van der Waals surface area contributed by atoms with E-state index in [1.165, 1.54) is 33.8 Å². The number of nitrogens with one attached hydrogen (secondary N) is 1. The monoisotopic (exact) mass is 539 g/mol. The van der Waals surface area contributed by atoms with Crippen LogP contribution in [0.25, 0.3) is 17.1 Å². The first kappa shape index (κ1) is 25.8. The number of hydrogen-bond acceptors (Lipinski definition) is 7. The number of imidazole rings is 2. The maximum absolute atomic E-state index is 13.6. The van der Waals surface area contributed by atoms with Gasteiger partial charge in [0.2, 0.25) is 5.95 Å². The lowest BCUT2D eigenvalue weighted by Gasteiger charge is -2.28. The molecule has 3 heterocycles. The highest BCUT2D eigenvalue weighted by Crippen LogP contribution is 2.30. The van der Waals surface area contributed by atoms with Crippen molar-refractivity contribution in [2.24, 2.45) is 7.05 Å². The van der Waals surface area contributed by atoms with E-state index in [1.54, 1.807) is 42.2 Å². The van der Waals surface area contributed by atoms with Crippen molar-refractivity contribution in [3.8, 4) is 17.1 Å². The van der Waals surface area contributed by atoms with Gasteiger partial charge in [0.15, 0.2) is 14.9 Å². The summed E-state index contributed by atoms with van der Waals surface area (Å²) < 4.78 is 44.3. The van der Waals surface area contributed by atoms with E-state index in [0.29, 0.717) is 48.7 Å². The Labute approximate surface area is 220 Å². The minimum atomic E-state index is -3.45. The summed E-state index contributed by atoms with van der Waals surface area (Å²) in [6, 6.07) is 7.41. The highest BCUT2D eigenvalue weighted by molar-refractivity contribution is 7.92. The molecule has 0 radical (unpaired) electrons. The average molecular weight is 540 g/mol. The largest absolute Gasteiger partial charge is 0.351 e. The summed E-state index contributed by atoms with van der Waals surface area (Å²) >= 11 is 0. The third-order valence-electron chi connectivity index (χ3n) is 6.98. The van der Waals surface area contributed by atoms with Crippen LogP contribution in [0.15, 0.2) is 65.1 Å². The van der Waals surface area contributed by atoms with Crippen LogP contribution >= 0.6 is 0 Å². The number of aryl methyl sites for hydroxylation is 1. The second-order valence-corrected chi connectivity index (χ2v) is 12.1. The molecule has 0 amide bonds. The van der Waals surface area contributed by atoms with E-state index in [1.807, 2.05) is 13.8 Å². The van der Waals surface area contributed by atoms with Crippen molar-refractivity contribution in [3.05, 3.63) is 71.6 Å². The van der Waals surface area contributed by atoms with Gasteiger partial charge in [0, 0.05) is 31.5 Å². The molecule has 0 atom stereocenters. The lowest BCUT2D eigenvalue weighted by molar-refractivity contribution is 0.448. The summed E-state index contributed by atoms with van der Waals surface area (Å²) in [6.45, 7) is 3.83. The number of benzene rings is 1. The van der Waals surface area contributed by atoms with Gasteiger partial charge in [0.25, 0.3) is 0 Å². The Morgan fingerprint density at radius 1 is 1.08 bits per heavy atom. The fraction of sp³-hybridized carbons (Fsp3) is 0.385. The van der Waals surface area contributed by atoms with Crippen LogP contribution in [0, 0.1) is 5.82 Å². The third-order valence-corrected chi connectivity index (χ3v) is 9.31. The van der Waals surface area contributed by atoms with Gasteiger partial charge >= 0.3 is 5.69 Å². The molecule has 1 fully saturated rings. The molecule has 1 aliphatic carbocycles. The Morgan fingerprint density at radius 3 is 2.42 bits per heavy atom. The number of anilines is 1. The topological polar surface area (TPSA) is 117 Å². The molecule has 5 rings (SSSR count). The predicted molar refractivity (Wildman–Crippen MR) is 141 cm³/mol. The predicted octanol–water partition coefficient (Wildman–Crippen LogP) is 3.75. The normalized spacial score (nSPS) is 18.1. The zero-order chi connectivity index (χ0) is 27.0. The molecule has 4 aromatic rings. The van der Waals surface area contributed by atoms with E-state index in [2.05, 4.69) is 20.3 Å². The maximum Gasteiger partial charge on any atom is 0.333 e. The van der Waals surface area contributed by atoms with Crippen molar-refractivity contribution >= 4 is 15.8 Å². The molecule has 12 heteroatoms. The molecule has 38 heavy (non-hydrogen) atoms. The van der Waals surface area contributed by atoms with Crippen LogP contribution in [0.5, 0.6) is 0 Å². The van der Waals surface area contributed by atoms with Gasteiger partial charge in [-0.15, -0.1) is 0 Å². The highest BCUT2D eigenvalue weighted by atomic mass is 32.2. The fourth-order valence-electron chi connectivity index (χ4n) is 4.91. The molecule has 0 spiro atoms. The number of aromatic nitrogens is 6. The molecule has 0 aliphatic heterocycles. The van der Waals surface area contributed by atoms with E-state index >= 15 is 0 Å². The number of halogens is 1. The first-order chi connectivity index (χ1) is 18.1. The first-order valence-electron chi connectivity index (χ1n) is 12.5. The molecule has 3 aromatic heterocycles. The van der Waals surface area contributed by atoms with E-state index in [4.69, 9.17) is 0 Å². The second-order valence-electron chi connectivity index (χ2n) is 9.88. The maximum atomic E-state index is 13.6. The van der Waals surface area contributed by atoms with Crippen LogP contribution in [0.3, 0.4) is 0 Å². The van der Waals surface area contributed by atoms with Gasteiger partial charge in [-0.05, 0) is 69.9 Å². The smallest absolute Gasteiger partial charge is 0.333 e. The Balaban J connectivity index is 1.37. The summed E-state index contributed by atoms with van der Waals surface area (Å²) in [5.41, 5.74) is 1.39. The summed E-state index contributed by atoms with van der Waals surface area (Å²) in [7, 11) is -1.76. The standard InChI is InChI=1S/C26H30FN7O3S/c1-17(2)33-15-23(34(26(33)35)20-8-4-18(27)5-9-20)22-12-13-29-25(31-22)30-19-6-10-21(11-7-19)38(36,37)24-14-28-16-32(24)3/h4-5,8-9,12-17,19,21H,6-7,10-11H2,1-3H3,(H,29,30,31). The zero-order valence-electron chi connectivity index (χ0n) is 21.5. The summed E-state index contributed by atoms with van der Waals surface area (Å²) in [4.78, 5) is 26.2. The van der Waals surface area contributed by atoms with Crippen molar-refractivity contribution in [2.45, 2.75) is 61.9 Å². The second kappa shape index (κ2) is 10.2. The lowest BCUT2D eigenvalue weighted by atomic mass is 9.95. The molecule has 1 saturated carbocycles. The molecular formula is C26H30FN7O3S. The minimum absolute atomic E-state index is 0.0165. The van der Waals surface area contributed by atoms with Gasteiger partial charge in [-0.2, -0.15) is 0 Å². The van der Waals surface area contributed by atoms with Gasteiger partial charge in [-0.3, -0.25) is 9.13 Å². The van der Waals surface area contributed by atoms with Gasteiger partial charge in [-0.1, -0.05) is 0 Å². The van der Waals surface area contributed by atoms with Gasteiger partial charge in [-0.25, -0.2) is 32.6 Å². The van der Waals surface area contributed by atoms with E-state index in [0.717, 1.165) is 0 Å². The highest BCUT2D eigenvalue weighted by Gasteiger charge is 2.34. The lowest BCUT2D eigenvalue weighted by Crippen LogP contribution is -2.33. The van der Waals surface area contributed by atoms with E-state index in [9.17, 15) is 17.6 Å². The molecule has 1 aromatic carbocycles. The molecule has 1 N–H and O–H groups in total. The minimum Gasteiger partial charge on any atom is -0.351 e. The molecule has 10 nitrogen and oxygen atoms in total. The first-order valence-corrected chi connectivity index (χ1v) is 14.1. The summed E-state index contributed by atoms with van der Waals surface area (Å²) in [5.74, 6) is 0.0128.